The number of hydrogen-bond acceptors (Lipinski definition) is 4. The van der Waals surface area contributed by atoms with E-state index in [1.165, 1.54) is 4.57 Å². The standard InChI is InChI=1S/C11H14F3N3O4/c1-6(2)16-5-7(17(20)21)3-8(16)10(19)15-4-9(18)11(12,13)14/h3,5-6,9,18H,4H2,1-2H3,(H,15,19). The smallest absolute Gasteiger partial charge is 0.382 e. The summed E-state index contributed by atoms with van der Waals surface area (Å²) in [6, 6.07) is 0.668. The Morgan fingerprint density at radius 2 is 2.10 bits per heavy atom. The van der Waals surface area contributed by atoms with Crippen molar-refractivity contribution in [3.05, 3.63) is 28.1 Å². The van der Waals surface area contributed by atoms with E-state index < -0.39 is 29.7 Å². The van der Waals surface area contributed by atoms with Crippen LogP contribution in [0, 0.1) is 10.1 Å². The normalized spacial score (nSPS) is 13.3. The third-order valence-corrected chi connectivity index (χ3v) is 2.67. The summed E-state index contributed by atoms with van der Waals surface area (Å²) in [5.74, 6) is -0.930. The van der Waals surface area contributed by atoms with Gasteiger partial charge in [-0.1, -0.05) is 0 Å². The Balaban J connectivity index is 2.89. The average molecular weight is 309 g/mol. The van der Waals surface area contributed by atoms with Crippen molar-refractivity contribution in [2.45, 2.75) is 32.2 Å². The third kappa shape index (κ3) is 4.18. The molecule has 0 radical (unpaired) electrons. The Kier molecular flexibility index (Phi) is 4.94. The van der Waals surface area contributed by atoms with E-state index in [4.69, 9.17) is 5.11 Å². The molecular weight excluding hydrogens is 295 g/mol. The molecule has 1 aromatic rings. The summed E-state index contributed by atoms with van der Waals surface area (Å²) in [6.45, 7) is 2.29. The average Bonchev–Trinajstić information content (AvgIpc) is 2.79. The van der Waals surface area contributed by atoms with Gasteiger partial charge in [0.2, 0.25) is 0 Å². The predicted molar refractivity (Wildman–Crippen MR) is 65.9 cm³/mol. The number of amides is 1. The number of halogens is 3. The van der Waals surface area contributed by atoms with E-state index in [2.05, 4.69) is 0 Å². The molecule has 1 rings (SSSR count). The number of carbonyl (C=O) groups excluding carboxylic acids is 1. The van der Waals surface area contributed by atoms with Gasteiger partial charge in [-0.25, -0.2) is 0 Å². The fraction of sp³-hybridized carbons (Fsp3) is 0.545. The second-order valence-electron chi connectivity index (χ2n) is 4.61. The van der Waals surface area contributed by atoms with E-state index in [1.54, 1.807) is 13.8 Å². The Bertz CT molecular complexity index is 539. The van der Waals surface area contributed by atoms with Crippen LogP contribution in [-0.2, 0) is 0 Å². The fourth-order valence-electron chi connectivity index (χ4n) is 1.57. The Morgan fingerprint density at radius 1 is 1.52 bits per heavy atom. The second kappa shape index (κ2) is 6.12. The van der Waals surface area contributed by atoms with Gasteiger partial charge in [0.15, 0.2) is 6.10 Å². The minimum Gasteiger partial charge on any atom is -0.382 e. The topological polar surface area (TPSA) is 97.4 Å². The molecule has 0 aromatic carbocycles. The highest BCUT2D eigenvalue weighted by Gasteiger charge is 2.38. The van der Waals surface area contributed by atoms with Crippen LogP contribution in [0.2, 0.25) is 0 Å². The summed E-state index contributed by atoms with van der Waals surface area (Å²) >= 11 is 0. The molecule has 0 saturated carbocycles. The maximum Gasteiger partial charge on any atom is 0.416 e. The number of nitrogens with zero attached hydrogens (tertiary/aromatic N) is 2. The van der Waals surface area contributed by atoms with Gasteiger partial charge >= 0.3 is 6.18 Å². The van der Waals surface area contributed by atoms with Crippen LogP contribution in [0.1, 0.15) is 30.4 Å². The van der Waals surface area contributed by atoms with Gasteiger partial charge in [-0.2, -0.15) is 13.2 Å². The van der Waals surface area contributed by atoms with Crippen molar-refractivity contribution in [3.63, 3.8) is 0 Å². The monoisotopic (exact) mass is 309 g/mol. The number of aliphatic hydroxyl groups excluding tert-OH is 1. The third-order valence-electron chi connectivity index (χ3n) is 2.67. The summed E-state index contributed by atoms with van der Waals surface area (Å²) in [6.07, 6.45) is -6.42. The van der Waals surface area contributed by atoms with E-state index in [9.17, 15) is 28.1 Å². The molecule has 0 fully saturated rings. The zero-order valence-corrected chi connectivity index (χ0v) is 11.2. The molecule has 0 aliphatic heterocycles. The predicted octanol–water partition coefficient (Wildman–Crippen LogP) is 1.63. The first-order valence-electron chi connectivity index (χ1n) is 5.93. The van der Waals surface area contributed by atoms with Crippen LogP contribution in [0.5, 0.6) is 0 Å². The van der Waals surface area contributed by atoms with Crippen LogP contribution in [0.4, 0.5) is 18.9 Å². The minimum absolute atomic E-state index is 0.147. The summed E-state index contributed by atoms with van der Waals surface area (Å²) in [5, 5.41) is 21.4. The minimum atomic E-state index is -4.85. The van der Waals surface area contributed by atoms with Crippen molar-refractivity contribution in [1.29, 1.82) is 0 Å². The number of aliphatic hydroxyl groups is 1. The first kappa shape index (κ1) is 17.0. The second-order valence-corrected chi connectivity index (χ2v) is 4.61. The van der Waals surface area contributed by atoms with Crippen LogP contribution < -0.4 is 5.32 Å². The van der Waals surface area contributed by atoms with E-state index in [1.807, 2.05) is 5.32 Å². The number of nitro groups is 1. The van der Waals surface area contributed by atoms with Gasteiger partial charge in [0.1, 0.15) is 5.69 Å². The molecule has 2 N–H and O–H groups in total. The van der Waals surface area contributed by atoms with Gasteiger partial charge in [0.25, 0.3) is 11.6 Å². The molecule has 0 saturated heterocycles. The molecule has 0 bridgehead atoms. The highest BCUT2D eigenvalue weighted by atomic mass is 19.4. The zero-order chi connectivity index (χ0) is 16.4. The summed E-state index contributed by atoms with van der Waals surface area (Å²) in [5.41, 5.74) is -0.490. The van der Waals surface area contributed by atoms with Crippen LogP contribution in [0.25, 0.3) is 0 Å². The number of aromatic nitrogens is 1. The van der Waals surface area contributed by atoms with Crippen molar-refractivity contribution < 1.29 is 28.0 Å². The highest BCUT2D eigenvalue weighted by molar-refractivity contribution is 5.93. The van der Waals surface area contributed by atoms with Crippen LogP contribution in [0.3, 0.4) is 0 Å². The number of rotatable bonds is 5. The van der Waals surface area contributed by atoms with E-state index >= 15 is 0 Å². The van der Waals surface area contributed by atoms with Gasteiger partial charge in [-0.05, 0) is 13.8 Å². The van der Waals surface area contributed by atoms with Gasteiger partial charge in [-0.3, -0.25) is 14.9 Å². The van der Waals surface area contributed by atoms with Crippen molar-refractivity contribution in [2.24, 2.45) is 0 Å². The lowest BCUT2D eigenvalue weighted by Gasteiger charge is -2.16. The number of alkyl halides is 3. The summed E-state index contributed by atoms with van der Waals surface area (Å²) < 4.78 is 37.6. The molecule has 21 heavy (non-hydrogen) atoms. The van der Waals surface area contributed by atoms with E-state index in [-0.39, 0.29) is 17.4 Å². The Morgan fingerprint density at radius 3 is 2.52 bits per heavy atom. The molecule has 1 heterocycles. The molecule has 7 nitrogen and oxygen atoms in total. The number of carbonyl (C=O) groups is 1. The van der Waals surface area contributed by atoms with Crippen LogP contribution >= 0.6 is 0 Å². The fourth-order valence-corrected chi connectivity index (χ4v) is 1.57. The van der Waals surface area contributed by atoms with Crippen molar-refractivity contribution in [2.75, 3.05) is 6.54 Å². The molecule has 1 unspecified atom stereocenters. The molecule has 118 valence electrons. The molecule has 1 aromatic heterocycles. The number of nitrogens with one attached hydrogen (secondary N) is 1. The number of hydrogen-bond donors (Lipinski definition) is 2. The van der Waals surface area contributed by atoms with Crippen molar-refractivity contribution >= 4 is 11.6 Å². The zero-order valence-electron chi connectivity index (χ0n) is 11.2. The molecule has 0 aliphatic carbocycles. The maximum absolute atomic E-state index is 12.1. The molecule has 0 spiro atoms. The Hall–Kier alpha value is -2.10. The SMILES string of the molecule is CC(C)n1cc([N+](=O)[O-])cc1C(=O)NCC(O)C(F)(F)F. The van der Waals surface area contributed by atoms with E-state index in [0.29, 0.717) is 0 Å². The largest absolute Gasteiger partial charge is 0.416 e. The van der Waals surface area contributed by atoms with Gasteiger partial charge in [-0.15, -0.1) is 0 Å². The lowest BCUT2D eigenvalue weighted by Crippen LogP contribution is -2.41. The van der Waals surface area contributed by atoms with Gasteiger partial charge in [0, 0.05) is 12.1 Å². The maximum atomic E-state index is 12.1. The Labute approximate surface area is 117 Å². The van der Waals surface area contributed by atoms with Crippen LogP contribution in [-0.4, -0.2) is 39.3 Å². The molecular formula is C11H14F3N3O4. The molecule has 10 heteroatoms. The van der Waals surface area contributed by atoms with Gasteiger partial charge in [0.05, 0.1) is 17.7 Å². The van der Waals surface area contributed by atoms with Crippen molar-refractivity contribution in [1.82, 2.24) is 9.88 Å². The van der Waals surface area contributed by atoms with Gasteiger partial charge < -0.3 is 15.0 Å². The van der Waals surface area contributed by atoms with E-state index in [0.717, 1.165) is 12.3 Å². The summed E-state index contributed by atoms with van der Waals surface area (Å²) in [4.78, 5) is 21.8. The molecule has 0 aliphatic rings. The quantitative estimate of drug-likeness (QED) is 0.638. The highest BCUT2D eigenvalue weighted by Crippen LogP contribution is 2.22. The lowest BCUT2D eigenvalue weighted by atomic mass is 10.3. The summed E-state index contributed by atoms with van der Waals surface area (Å²) in [7, 11) is 0. The first-order valence-corrected chi connectivity index (χ1v) is 5.93. The van der Waals surface area contributed by atoms with Crippen molar-refractivity contribution in [3.8, 4) is 0 Å². The lowest BCUT2D eigenvalue weighted by molar-refractivity contribution is -0.384. The molecule has 1 atom stereocenters. The molecule has 1 amide bonds. The first-order chi connectivity index (χ1) is 9.54. The van der Waals surface area contributed by atoms with Crippen LogP contribution in [0.15, 0.2) is 12.3 Å².